The van der Waals surface area contributed by atoms with Gasteiger partial charge in [0.05, 0.1) is 17.1 Å². The van der Waals surface area contributed by atoms with E-state index >= 15 is 0 Å². The van der Waals surface area contributed by atoms with Crippen molar-refractivity contribution in [2.75, 3.05) is 7.11 Å². The van der Waals surface area contributed by atoms with E-state index < -0.39 is 16.7 Å². The summed E-state index contributed by atoms with van der Waals surface area (Å²) in [7, 11) is 1.30. The average Bonchev–Trinajstić information content (AvgIpc) is 2.98. The molecule has 0 unspecified atom stereocenters. The van der Waals surface area contributed by atoms with Crippen molar-refractivity contribution >= 4 is 35.2 Å². The number of methoxy groups -OCH3 is 1. The molecule has 1 heterocycles. The van der Waals surface area contributed by atoms with Crippen LogP contribution in [0.1, 0.15) is 11.1 Å². The number of nitrogens with zero attached hydrogens (tertiary/aromatic N) is 2. The van der Waals surface area contributed by atoms with E-state index in [9.17, 15) is 19.3 Å². The lowest BCUT2D eigenvalue weighted by Crippen LogP contribution is -2.06. The number of ether oxygens (including phenoxy) is 2. The summed E-state index contributed by atoms with van der Waals surface area (Å²) in [5.41, 5.74) is -0.287. The van der Waals surface area contributed by atoms with Crippen LogP contribution in [0.15, 0.2) is 47.1 Å². The van der Waals surface area contributed by atoms with Crippen molar-refractivity contribution in [3.63, 3.8) is 0 Å². The van der Waals surface area contributed by atoms with E-state index in [4.69, 9.17) is 21.1 Å². The largest absolute Gasteiger partial charge is 0.490 e. The Labute approximate surface area is 151 Å². The first-order valence-electron chi connectivity index (χ1n) is 7.20. The minimum Gasteiger partial charge on any atom is -0.490 e. The van der Waals surface area contributed by atoms with Crippen molar-refractivity contribution in [1.82, 2.24) is 0 Å². The first-order chi connectivity index (χ1) is 12.4. The predicted molar refractivity (Wildman–Crippen MR) is 91.7 cm³/mol. The van der Waals surface area contributed by atoms with Gasteiger partial charge in [0.1, 0.15) is 5.82 Å². The normalized spacial score (nSPS) is 15.0. The number of esters is 1. The van der Waals surface area contributed by atoms with E-state index in [0.29, 0.717) is 0 Å². The second-order valence-corrected chi connectivity index (χ2v) is 5.52. The molecule has 26 heavy (non-hydrogen) atoms. The van der Waals surface area contributed by atoms with Crippen molar-refractivity contribution in [2.24, 2.45) is 4.99 Å². The third-order valence-corrected chi connectivity index (χ3v) is 3.85. The third kappa shape index (κ3) is 3.27. The van der Waals surface area contributed by atoms with Crippen LogP contribution in [-0.4, -0.2) is 23.9 Å². The summed E-state index contributed by atoms with van der Waals surface area (Å²) in [6.45, 7) is 0. The van der Waals surface area contributed by atoms with Gasteiger partial charge in [-0.25, -0.2) is 14.2 Å². The lowest BCUT2D eigenvalue weighted by molar-refractivity contribution is -0.385. The highest BCUT2D eigenvalue weighted by atomic mass is 35.5. The molecule has 0 aromatic heterocycles. The molecule has 0 N–H and O–H groups in total. The minimum atomic E-state index is -0.821. The topological polar surface area (TPSA) is 91.0 Å². The van der Waals surface area contributed by atoms with Crippen LogP contribution >= 0.6 is 11.6 Å². The van der Waals surface area contributed by atoms with Gasteiger partial charge >= 0.3 is 11.7 Å². The molecule has 0 amide bonds. The first kappa shape index (κ1) is 17.6. The van der Waals surface area contributed by atoms with Gasteiger partial charge in [-0.05, 0) is 30.3 Å². The number of aliphatic imine (C=N–C) groups is 1. The Bertz CT molecular complexity index is 967. The van der Waals surface area contributed by atoms with E-state index in [1.165, 1.54) is 43.5 Å². The maximum Gasteiger partial charge on any atom is 0.363 e. The number of carbonyl (C=O) groups excluding carboxylic acids is 1. The molecule has 2 aromatic carbocycles. The summed E-state index contributed by atoms with van der Waals surface area (Å²) in [5, 5.41) is 11.2. The summed E-state index contributed by atoms with van der Waals surface area (Å²) in [6.07, 6.45) is 1.16. The fraction of sp³-hybridized carbons (Fsp3) is 0.0588. The average molecular weight is 377 g/mol. The van der Waals surface area contributed by atoms with Crippen LogP contribution in [0.3, 0.4) is 0 Å². The molecule has 1 aliphatic rings. The number of cyclic esters (lactones) is 1. The third-order valence-electron chi connectivity index (χ3n) is 3.52. The molecule has 7 nitrogen and oxygen atoms in total. The van der Waals surface area contributed by atoms with Gasteiger partial charge < -0.3 is 9.47 Å². The molecule has 0 atom stereocenters. The van der Waals surface area contributed by atoms with E-state index in [1.54, 1.807) is 0 Å². The van der Waals surface area contributed by atoms with Crippen molar-refractivity contribution in [3.05, 3.63) is 74.2 Å². The Morgan fingerprint density at radius 2 is 2.12 bits per heavy atom. The Morgan fingerprint density at radius 3 is 2.77 bits per heavy atom. The van der Waals surface area contributed by atoms with E-state index in [1.807, 2.05) is 0 Å². The van der Waals surface area contributed by atoms with Gasteiger partial charge in [-0.1, -0.05) is 17.7 Å². The van der Waals surface area contributed by atoms with Gasteiger partial charge in [0.2, 0.25) is 5.90 Å². The van der Waals surface area contributed by atoms with Crippen LogP contribution in [0, 0.1) is 15.9 Å². The first-order valence-corrected chi connectivity index (χ1v) is 7.58. The molecule has 132 valence electrons. The highest BCUT2D eigenvalue weighted by Gasteiger charge is 2.27. The van der Waals surface area contributed by atoms with Gasteiger partial charge in [-0.2, -0.15) is 0 Å². The molecule has 2 aromatic rings. The van der Waals surface area contributed by atoms with E-state index in [2.05, 4.69) is 4.99 Å². The zero-order chi connectivity index (χ0) is 18.8. The molecule has 0 bridgehead atoms. The van der Waals surface area contributed by atoms with Gasteiger partial charge in [0.15, 0.2) is 11.4 Å². The van der Waals surface area contributed by atoms with Crippen LogP contribution in [0.2, 0.25) is 5.02 Å². The Kier molecular flexibility index (Phi) is 4.68. The number of rotatable bonds is 4. The van der Waals surface area contributed by atoms with Gasteiger partial charge in [0, 0.05) is 17.2 Å². The van der Waals surface area contributed by atoms with E-state index in [0.717, 1.165) is 6.08 Å². The van der Waals surface area contributed by atoms with Crippen molar-refractivity contribution in [3.8, 4) is 5.75 Å². The molecule has 0 radical (unpaired) electrons. The molecule has 9 heteroatoms. The molecule has 0 saturated heterocycles. The second-order valence-electron chi connectivity index (χ2n) is 5.12. The smallest absolute Gasteiger partial charge is 0.363 e. The lowest BCUT2D eigenvalue weighted by atomic mass is 10.1. The van der Waals surface area contributed by atoms with Gasteiger partial charge in [-0.3, -0.25) is 10.1 Å². The maximum absolute atomic E-state index is 13.9. The number of halogens is 2. The Balaban J connectivity index is 2.02. The second kappa shape index (κ2) is 6.93. The highest BCUT2D eigenvalue weighted by molar-refractivity contribution is 6.32. The zero-order valence-electron chi connectivity index (χ0n) is 13.2. The van der Waals surface area contributed by atoms with Gasteiger partial charge in [0.25, 0.3) is 0 Å². The molecular weight excluding hydrogens is 367 g/mol. The molecule has 0 fully saturated rings. The van der Waals surface area contributed by atoms with Crippen molar-refractivity contribution in [1.29, 1.82) is 0 Å². The predicted octanol–water partition coefficient (Wildman–Crippen LogP) is 3.74. The van der Waals surface area contributed by atoms with Crippen LogP contribution < -0.4 is 4.74 Å². The highest BCUT2D eigenvalue weighted by Crippen LogP contribution is 2.30. The molecule has 3 rings (SSSR count). The number of hydrogen-bond acceptors (Lipinski definition) is 6. The SMILES string of the molecule is COc1ccc(C2=NC(=Cc3c(F)cccc3Cl)C(=O)O2)cc1[N+](=O)[O-]. The van der Waals surface area contributed by atoms with Crippen LogP contribution in [0.4, 0.5) is 10.1 Å². The Hall–Kier alpha value is -3.26. The summed E-state index contributed by atoms with van der Waals surface area (Å²) >= 11 is 5.92. The Morgan fingerprint density at radius 1 is 1.35 bits per heavy atom. The summed E-state index contributed by atoms with van der Waals surface area (Å²) in [4.78, 5) is 26.5. The number of carbonyl (C=O) groups is 1. The number of nitro groups is 1. The summed E-state index contributed by atoms with van der Waals surface area (Å²) < 4.78 is 23.8. The van der Waals surface area contributed by atoms with Crippen LogP contribution in [0.25, 0.3) is 6.08 Å². The standard InChI is InChI=1S/C17H10ClFN2O5/c1-25-15-6-5-9(7-14(15)21(23)24)16-20-13(17(22)26-16)8-10-11(18)3-2-4-12(10)19/h2-8H,1H3. The number of hydrogen-bond donors (Lipinski definition) is 0. The molecule has 0 saturated carbocycles. The summed E-state index contributed by atoms with van der Waals surface area (Å²) in [5.74, 6) is -1.53. The van der Waals surface area contributed by atoms with Crippen LogP contribution in [-0.2, 0) is 9.53 Å². The minimum absolute atomic E-state index is 0.00757. The van der Waals surface area contributed by atoms with Crippen molar-refractivity contribution in [2.45, 2.75) is 0 Å². The number of benzene rings is 2. The quantitative estimate of drug-likeness (QED) is 0.351. The van der Waals surface area contributed by atoms with Crippen LogP contribution in [0.5, 0.6) is 5.75 Å². The summed E-state index contributed by atoms with van der Waals surface area (Å²) in [6, 6.07) is 8.07. The van der Waals surface area contributed by atoms with E-state index in [-0.39, 0.29) is 39.2 Å². The van der Waals surface area contributed by atoms with Gasteiger partial charge in [-0.15, -0.1) is 0 Å². The molecule has 0 spiro atoms. The molecule has 0 aliphatic carbocycles. The molecular formula is C17H10ClFN2O5. The number of nitro benzene ring substituents is 1. The zero-order valence-corrected chi connectivity index (χ0v) is 14.0. The maximum atomic E-state index is 13.9. The van der Waals surface area contributed by atoms with Crippen molar-refractivity contribution < 1.29 is 23.6 Å². The fourth-order valence-electron chi connectivity index (χ4n) is 2.28. The lowest BCUT2D eigenvalue weighted by Gasteiger charge is -2.03. The monoisotopic (exact) mass is 376 g/mol. The molecule has 1 aliphatic heterocycles. The fourth-order valence-corrected chi connectivity index (χ4v) is 2.50.